The van der Waals surface area contributed by atoms with Crippen LogP contribution in [-0.2, 0) is 15.2 Å². The number of nitrogens with two attached hydrogens (primary N) is 1. The van der Waals surface area contributed by atoms with Gasteiger partial charge in [0.25, 0.3) is 0 Å². The summed E-state index contributed by atoms with van der Waals surface area (Å²) < 4.78 is 19.8. The zero-order valence-electron chi connectivity index (χ0n) is 17.2. The largest absolute Gasteiger partial charge is 0.369 e. The van der Waals surface area contributed by atoms with Gasteiger partial charge in [0.1, 0.15) is 5.54 Å². The number of hydrogen-bond acceptors (Lipinski definition) is 7. The Morgan fingerprint density at radius 3 is 2.81 bits per heavy atom. The van der Waals surface area contributed by atoms with Crippen LogP contribution in [0.25, 0.3) is 21.8 Å². The Kier molecular flexibility index (Phi) is 4.69. The van der Waals surface area contributed by atoms with Crippen LogP contribution >= 0.6 is 22.9 Å². The molecule has 1 fully saturated rings. The molecule has 3 heterocycles. The summed E-state index contributed by atoms with van der Waals surface area (Å²) in [7, 11) is -0.936. The van der Waals surface area contributed by atoms with Gasteiger partial charge < -0.3 is 10.3 Å². The highest BCUT2D eigenvalue weighted by atomic mass is 35.5. The van der Waals surface area contributed by atoms with E-state index in [1.165, 1.54) is 15.6 Å². The molecule has 162 valence electrons. The normalized spacial score (nSPS) is 26.2. The van der Waals surface area contributed by atoms with E-state index in [1.807, 2.05) is 37.3 Å². The van der Waals surface area contributed by atoms with Gasteiger partial charge >= 0.3 is 0 Å². The number of hydrogen-bond donors (Lipinski definition) is 1. The van der Waals surface area contributed by atoms with Crippen LogP contribution in [0.3, 0.4) is 0 Å². The van der Waals surface area contributed by atoms with Crippen molar-refractivity contribution >= 4 is 44.5 Å². The third-order valence-electron chi connectivity index (χ3n) is 5.64. The third-order valence-corrected chi connectivity index (χ3v) is 9.69. The van der Waals surface area contributed by atoms with Gasteiger partial charge in [0.15, 0.2) is 0 Å². The van der Waals surface area contributed by atoms with Crippen molar-refractivity contribution in [3.8, 4) is 21.8 Å². The minimum Gasteiger partial charge on any atom is -0.369 e. The van der Waals surface area contributed by atoms with Crippen LogP contribution < -0.4 is 5.73 Å². The number of aromatic nitrogens is 2. The lowest BCUT2D eigenvalue weighted by Gasteiger charge is -2.36. The maximum absolute atomic E-state index is 13.0. The molecule has 1 unspecified atom stereocenters. The number of guanidine groups is 1. The van der Waals surface area contributed by atoms with Crippen LogP contribution in [0.2, 0.25) is 5.02 Å². The summed E-state index contributed by atoms with van der Waals surface area (Å²) in [6, 6.07) is 9.86. The van der Waals surface area contributed by atoms with Gasteiger partial charge in [-0.05, 0) is 43.3 Å². The first kappa shape index (κ1) is 20.5. The Hall–Kier alpha value is -2.36. The van der Waals surface area contributed by atoms with Crippen molar-refractivity contribution in [3.63, 3.8) is 0 Å². The smallest absolute Gasteiger partial charge is 0.230 e. The van der Waals surface area contributed by atoms with E-state index in [1.54, 1.807) is 7.05 Å². The summed E-state index contributed by atoms with van der Waals surface area (Å²) in [6.45, 7) is 1.90. The molecule has 0 bridgehead atoms. The fourth-order valence-electron chi connectivity index (χ4n) is 3.72. The van der Waals surface area contributed by atoms with E-state index in [4.69, 9.17) is 21.9 Å². The second-order valence-corrected chi connectivity index (χ2v) is 12.1. The SMILES string of the molecule is C=S1(=O)C[C@@](C)(c2sc(-c3cccc(-c4noc(C5CC5)n4)c3)cc2Cl)N=C(N)N1C. The number of halogens is 1. The molecule has 2 N–H and O–H groups in total. The van der Waals surface area contributed by atoms with Crippen molar-refractivity contribution in [1.29, 1.82) is 0 Å². The first-order valence-electron chi connectivity index (χ1n) is 9.85. The van der Waals surface area contributed by atoms with Crippen molar-refractivity contribution < 1.29 is 8.73 Å². The van der Waals surface area contributed by atoms with Crippen LogP contribution in [0, 0.1) is 0 Å². The molecular formula is C21H22ClN5O2S2. The number of thiophene rings is 1. The summed E-state index contributed by atoms with van der Waals surface area (Å²) in [6.07, 6.45) is 2.22. The second kappa shape index (κ2) is 7.08. The lowest BCUT2D eigenvalue weighted by Crippen LogP contribution is -2.50. The second-order valence-electron chi connectivity index (χ2n) is 8.26. The summed E-state index contributed by atoms with van der Waals surface area (Å²) in [5.41, 5.74) is 7.10. The summed E-state index contributed by atoms with van der Waals surface area (Å²) >= 11 is 8.15. The Bertz CT molecular complexity index is 1310. The molecule has 2 aliphatic rings. The van der Waals surface area contributed by atoms with Gasteiger partial charge in [-0.15, -0.1) is 11.3 Å². The van der Waals surface area contributed by atoms with E-state index in [2.05, 4.69) is 21.0 Å². The van der Waals surface area contributed by atoms with E-state index in [0.717, 1.165) is 33.7 Å². The van der Waals surface area contributed by atoms with Crippen LogP contribution in [0.4, 0.5) is 0 Å². The van der Waals surface area contributed by atoms with Crippen molar-refractivity contribution in [2.24, 2.45) is 10.7 Å². The van der Waals surface area contributed by atoms with Gasteiger partial charge in [-0.3, -0.25) is 4.31 Å². The van der Waals surface area contributed by atoms with Gasteiger partial charge in [-0.2, -0.15) is 4.98 Å². The van der Waals surface area contributed by atoms with E-state index >= 15 is 0 Å². The molecule has 1 aliphatic heterocycles. The molecule has 0 radical (unpaired) electrons. The minimum atomic E-state index is -2.58. The Labute approximate surface area is 190 Å². The van der Waals surface area contributed by atoms with Crippen molar-refractivity contribution in [3.05, 3.63) is 46.1 Å². The zero-order chi connectivity index (χ0) is 22.0. The predicted molar refractivity (Wildman–Crippen MR) is 127 cm³/mol. The molecule has 1 saturated carbocycles. The molecule has 0 amide bonds. The van der Waals surface area contributed by atoms with Crippen molar-refractivity contribution in [2.75, 3.05) is 12.8 Å². The highest BCUT2D eigenvalue weighted by Gasteiger charge is 2.39. The molecule has 1 aromatic carbocycles. The maximum atomic E-state index is 13.0. The Balaban J connectivity index is 1.51. The highest BCUT2D eigenvalue weighted by molar-refractivity contribution is 7.98. The maximum Gasteiger partial charge on any atom is 0.230 e. The molecule has 0 saturated heterocycles. The molecule has 7 nitrogen and oxygen atoms in total. The fourth-order valence-corrected chi connectivity index (χ4v) is 7.10. The molecular weight excluding hydrogens is 454 g/mol. The molecule has 3 aromatic rings. The lowest BCUT2D eigenvalue weighted by molar-refractivity contribution is 0.380. The lowest BCUT2D eigenvalue weighted by atomic mass is 10.0. The van der Waals surface area contributed by atoms with Gasteiger partial charge in [0, 0.05) is 23.4 Å². The number of nitrogens with zero attached hydrogens (tertiary/aromatic N) is 4. The molecule has 2 atom stereocenters. The first-order valence-corrected chi connectivity index (χ1v) is 12.9. The van der Waals surface area contributed by atoms with Gasteiger partial charge in [-0.1, -0.05) is 35.0 Å². The topological polar surface area (TPSA) is 97.6 Å². The highest BCUT2D eigenvalue weighted by Crippen LogP contribution is 2.45. The Morgan fingerprint density at radius 2 is 2.10 bits per heavy atom. The molecule has 5 rings (SSSR count). The van der Waals surface area contributed by atoms with Crippen LogP contribution in [-0.4, -0.2) is 43.3 Å². The fraction of sp³-hybridized carbons (Fsp3) is 0.333. The minimum absolute atomic E-state index is 0.199. The molecule has 2 aromatic heterocycles. The quantitative estimate of drug-likeness (QED) is 0.573. The first-order chi connectivity index (χ1) is 14.7. The average molecular weight is 476 g/mol. The van der Waals surface area contributed by atoms with E-state index in [-0.39, 0.29) is 11.7 Å². The van der Waals surface area contributed by atoms with E-state index in [9.17, 15) is 4.21 Å². The third kappa shape index (κ3) is 3.64. The summed E-state index contributed by atoms with van der Waals surface area (Å²) in [5.74, 6) is 6.02. The average Bonchev–Trinajstić information content (AvgIpc) is 3.30. The standard InChI is InChI=1S/C21H22ClN5O2S2/c1-21(11-31(3,28)27(2)20(23)25-21)17-15(22)10-16(30-17)13-5-4-6-14(9-13)18-24-19(29-26-18)12-7-8-12/h4-6,9-10,12H,3,7-8,11H2,1-2H3,(H2,23,25)/t21-,31?/m0/s1. The zero-order valence-corrected chi connectivity index (χ0v) is 19.6. The molecule has 1 aliphatic carbocycles. The van der Waals surface area contributed by atoms with E-state index in [0.29, 0.717) is 22.7 Å². The predicted octanol–water partition coefficient (Wildman–Crippen LogP) is 4.10. The Morgan fingerprint density at radius 1 is 1.35 bits per heavy atom. The van der Waals surface area contributed by atoms with Crippen LogP contribution in [0.5, 0.6) is 0 Å². The molecule has 0 spiro atoms. The molecule has 31 heavy (non-hydrogen) atoms. The van der Waals surface area contributed by atoms with Crippen molar-refractivity contribution in [1.82, 2.24) is 14.4 Å². The number of rotatable bonds is 4. The van der Waals surface area contributed by atoms with E-state index < -0.39 is 15.2 Å². The van der Waals surface area contributed by atoms with Crippen LogP contribution in [0.1, 0.15) is 36.5 Å². The monoisotopic (exact) mass is 475 g/mol. The summed E-state index contributed by atoms with van der Waals surface area (Å²) in [5, 5.41) is 4.71. The van der Waals surface area contributed by atoms with Gasteiger partial charge in [0.05, 0.1) is 25.4 Å². The summed E-state index contributed by atoms with van der Waals surface area (Å²) in [4.78, 5) is 10.9. The van der Waals surface area contributed by atoms with Crippen molar-refractivity contribution in [2.45, 2.75) is 31.2 Å². The van der Waals surface area contributed by atoms with Gasteiger partial charge in [-0.25, -0.2) is 9.20 Å². The number of aliphatic imine (C=N–C) groups is 1. The van der Waals surface area contributed by atoms with Crippen LogP contribution in [0.15, 0.2) is 39.8 Å². The molecule has 10 heteroatoms. The number of benzene rings is 1. The van der Waals surface area contributed by atoms with Gasteiger partial charge in [0.2, 0.25) is 17.7 Å².